The highest BCUT2D eigenvalue weighted by molar-refractivity contribution is 4.81. The van der Waals surface area contributed by atoms with Crippen LogP contribution < -0.4 is 5.32 Å². The van der Waals surface area contributed by atoms with E-state index < -0.39 is 6.43 Å². The molecule has 4 heteroatoms. The van der Waals surface area contributed by atoms with Crippen molar-refractivity contribution < 1.29 is 8.78 Å². The molecule has 0 aliphatic carbocycles. The average molecular weight is 220 g/mol. The molecule has 1 saturated heterocycles. The molecule has 2 nitrogen and oxygen atoms in total. The molecule has 1 aliphatic rings. The second kappa shape index (κ2) is 6.38. The van der Waals surface area contributed by atoms with Gasteiger partial charge in [0, 0.05) is 19.1 Å². The fourth-order valence-electron chi connectivity index (χ4n) is 2.36. The summed E-state index contributed by atoms with van der Waals surface area (Å²) >= 11 is 0. The van der Waals surface area contributed by atoms with E-state index in [-0.39, 0.29) is 12.6 Å². The molecule has 0 aromatic carbocycles. The van der Waals surface area contributed by atoms with E-state index in [1.807, 2.05) is 0 Å². The van der Waals surface area contributed by atoms with Crippen LogP contribution in [0.5, 0.6) is 0 Å². The van der Waals surface area contributed by atoms with Crippen molar-refractivity contribution in [1.29, 1.82) is 0 Å². The number of likely N-dealkylation sites (tertiary alicyclic amines) is 1. The van der Waals surface area contributed by atoms with Gasteiger partial charge in [0.05, 0.1) is 6.54 Å². The van der Waals surface area contributed by atoms with Gasteiger partial charge in [-0.3, -0.25) is 0 Å². The maximum atomic E-state index is 12.1. The van der Waals surface area contributed by atoms with Crippen LogP contribution in [0, 0.1) is 5.92 Å². The van der Waals surface area contributed by atoms with Crippen LogP contribution in [0.2, 0.25) is 0 Å². The van der Waals surface area contributed by atoms with Crippen LogP contribution in [-0.2, 0) is 0 Å². The first-order chi connectivity index (χ1) is 7.11. The summed E-state index contributed by atoms with van der Waals surface area (Å²) in [6, 6.07) is 0.245. The zero-order chi connectivity index (χ0) is 11.3. The van der Waals surface area contributed by atoms with Crippen LogP contribution in [0.3, 0.4) is 0 Å². The fourth-order valence-corrected chi connectivity index (χ4v) is 2.36. The Morgan fingerprint density at radius 3 is 2.73 bits per heavy atom. The van der Waals surface area contributed by atoms with Gasteiger partial charge in [0.15, 0.2) is 0 Å². The first-order valence-electron chi connectivity index (χ1n) is 5.85. The molecule has 1 aliphatic heterocycles. The molecule has 90 valence electrons. The third-order valence-electron chi connectivity index (χ3n) is 2.84. The van der Waals surface area contributed by atoms with Gasteiger partial charge in [-0.2, -0.15) is 0 Å². The van der Waals surface area contributed by atoms with Gasteiger partial charge in [0.2, 0.25) is 0 Å². The van der Waals surface area contributed by atoms with E-state index in [4.69, 9.17) is 0 Å². The van der Waals surface area contributed by atoms with Gasteiger partial charge < -0.3 is 10.2 Å². The van der Waals surface area contributed by atoms with Crippen molar-refractivity contribution in [2.45, 2.75) is 39.2 Å². The van der Waals surface area contributed by atoms with E-state index in [9.17, 15) is 8.78 Å². The number of nitrogens with zero attached hydrogens (tertiary/aromatic N) is 1. The van der Waals surface area contributed by atoms with E-state index in [2.05, 4.69) is 24.1 Å². The van der Waals surface area contributed by atoms with Gasteiger partial charge in [-0.15, -0.1) is 0 Å². The quantitative estimate of drug-likeness (QED) is 0.762. The predicted octanol–water partition coefficient (Wildman–Crippen LogP) is 1.96. The Morgan fingerprint density at radius 1 is 1.40 bits per heavy atom. The van der Waals surface area contributed by atoms with Crippen molar-refractivity contribution in [3.8, 4) is 0 Å². The van der Waals surface area contributed by atoms with E-state index in [1.165, 1.54) is 0 Å². The summed E-state index contributed by atoms with van der Waals surface area (Å²) in [5.74, 6) is 0.612. The van der Waals surface area contributed by atoms with Gasteiger partial charge in [-0.05, 0) is 25.3 Å². The number of alkyl halides is 2. The summed E-state index contributed by atoms with van der Waals surface area (Å²) in [7, 11) is 0. The summed E-state index contributed by atoms with van der Waals surface area (Å²) in [4.78, 5) is 2.37. The summed E-state index contributed by atoms with van der Waals surface area (Å²) < 4.78 is 24.1. The molecule has 0 bridgehead atoms. The Hall–Kier alpha value is -0.220. The molecular weight excluding hydrogens is 198 g/mol. The Balaban J connectivity index is 2.31. The highest BCUT2D eigenvalue weighted by Crippen LogP contribution is 2.16. The largest absolute Gasteiger partial charge is 0.307 e. The number of halogens is 2. The third kappa shape index (κ3) is 4.89. The molecule has 1 rings (SSSR count). The second-order valence-corrected chi connectivity index (χ2v) is 4.60. The van der Waals surface area contributed by atoms with Gasteiger partial charge >= 0.3 is 0 Å². The monoisotopic (exact) mass is 220 g/mol. The Bertz CT molecular complexity index is 176. The number of rotatable bonds is 5. The van der Waals surface area contributed by atoms with Crippen LogP contribution >= 0.6 is 0 Å². The lowest BCUT2D eigenvalue weighted by atomic mass is 9.96. The lowest BCUT2D eigenvalue weighted by Crippen LogP contribution is -2.49. The van der Waals surface area contributed by atoms with Crippen LogP contribution in [-0.4, -0.2) is 43.5 Å². The molecule has 1 heterocycles. The minimum absolute atomic E-state index is 0.169. The number of hydrogen-bond acceptors (Lipinski definition) is 2. The van der Waals surface area contributed by atoms with Crippen LogP contribution in [0.15, 0.2) is 0 Å². The zero-order valence-corrected chi connectivity index (χ0v) is 9.68. The molecule has 0 radical (unpaired) electrons. The standard InChI is InChI=1S/C11H22F2N2/c1-3-4-15-7-9(2)5-10(8-15)14-6-11(12)13/h9-11,14H,3-8H2,1-2H3. The second-order valence-electron chi connectivity index (χ2n) is 4.60. The minimum Gasteiger partial charge on any atom is -0.307 e. The highest BCUT2D eigenvalue weighted by atomic mass is 19.3. The highest BCUT2D eigenvalue weighted by Gasteiger charge is 2.24. The fraction of sp³-hybridized carbons (Fsp3) is 1.00. The molecule has 2 atom stereocenters. The van der Waals surface area contributed by atoms with Gasteiger partial charge in [-0.25, -0.2) is 8.78 Å². The number of piperidine rings is 1. The molecule has 15 heavy (non-hydrogen) atoms. The van der Waals surface area contributed by atoms with Crippen LogP contribution in [0.1, 0.15) is 26.7 Å². The lowest BCUT2D eigenvalue weighted by Gasteiger charge is -2.36. The maximum absolute atomic E-state index is 12.1. The molecule has 2 unspecified atom stereocenters. The summed E-state index contributed by atoms with van der Waals surface area (Å²) in [6.45, 7) is 7.29. The smallest absolute Gasteiger partial charge is 0.250 e. The SMILES string of the molecule is CCCN1CC(C)CC(NCC(F)F)C1. The van der Waals surface area contributed by atoms with Crippen molar-refractivity contribution >= 4 is 0 Å². The van der Waals surface area contributed by atoms with E-state index in [0.29, 0.717) is 5.92 Å². The van der Waals surface area contributed by atoms with Crippen molar-refractivity contribution in [3.63, 3.8) is 0 Å². The molecule has 0 aromatic heterocycles. The molecule has 1 fully saturated rings. The molecule has 1 N–H and O–H groups in total. The van der Waals surface area contributed by atoms with Crippen molar-refractivity contribution in [2.75, 3.05) is 26.2 Å². The molecule has 0 amide bonds. The molecular formula is C11H22F2N2. The Labute approximate surface area is 91.0 Å². The summed E-state index contributed by atoms with van der Waals surface area (Å²) in [5, 5.41) is 2.95. The lowest BCUT2D eigenvalue weighted by molar-refractivity contribution is 0.113. The zero-order valence-electron chi connectivity index (χ0n) is 9.68. The Morgan fingerprint density at radius 2 is 2.13 bits per heavy atom. The third-order valence-corrected chi connectivity index (χ3v) is 2.84. The number of hydrogen-bond donors (Lipinski definition) is 1. The van der Waals surface area contributed by atoms with E-state index in [1.54, 1.807) is 0 Å². The van der Waals surface area contributed by atoms with Crippen LogP contribution in [0.4, 0.5) is 8.78 Å². The van der Waals surface area contributed by atoms with E-state index >= 15 is 0 Å². The normalized spacial score (nSPS) is 28.6. The van der Waals surface area contributed by atoms with Crippen molar-refractivity contribution in [1.82, 2.24) is 10.2 Å². The summed E-state index contributed by atoms with van der Waals surface area (Å²) in [6.07, 6.45) is -0.0804. The minimum atomic E-state index is -2.23. The van der Waals surface area contributed by atoms with Gasteiger partial charge in [0.1, 0.15) is 0 Å². The predicted molar refractivity (Wildman–Crippen MR) is 58.3 cm³/mol. The molecule has 0 aromatic rings. The van der Waals surface area contributed by atoms with Crippen LogP contribution in [0.25, 0.3) is 0 Å². The van der Waals surface area contributed by atoms with Gasteiger partial charge in [-0.1, -0.05) is 13.8 Å². The van der Waals surface area contributed by atoms with Crippen molar-refractivity contribution in [3.05, 3.63) is 0 Å². The first kappa shape index (κ1) is 12.8. The molecule has 0 spiro atoms. The van der Waals surface area contributed by atoms with Gasteiger partial charge in [0.25, 0.3) is 6.43 Å². The van der Waals surface area contributed by atoms with E-state index in [0.717, 1.165) is 32.5 Å². The average Bonchev–Trinajstić information content (AvgIpc) is 2.14. The maximum Gasteiger partial charge on any atom is 0.250 e. The first-order valence-corrected chi connectivity index (χ1v) is 5.85. The number of nitrogens with one attached hydrogen (secondary N) is 1. The van der Waals surface area contributed by atoms with Crippen molar-refractivity contribution in [2.24, 2.45) is 5.92 Å². The molecule has 0 saturated carbocycles. The topological polar surface area (TPSA) is 15.3 Å². The Kier molecular flexibility index (Phi) is 5.47. The summed E-state index contributed by atoms with van der Waals surface area (Å²) in [5.41, 5.74) is 0.